The van der Waals surface area contributed by atoms with Crippen LogP contribution in [0.5, 0.6) is 0 Å². The first-order chi connectivity index (χ1) is 13.8. The van der Waals surface area contributed by atoms with E-state index in [0.717, 1.165) is 54.6 Å². The molecule has 3 heterocycles. The number of benzene rings is 2. The summed E-state index contributed by atoms with van der Waals surface area (Å²) in [6.07, 6.45) is 6.45. The van der Waals surface area contributed by atoms with Gasteiger partial charge in [0.15, 0.2) is 0 Å². The number of amides is 1. The Kier molecular flexibility index (Phi) is 4.35. The summed E-state index contributed by atoms with van der Waals surface area (Å²) in [6.45, 7) is 0.827. The molecule has 5 rings (SSSR count). The van der Waals surface area contributed by atoms with Gasteiger partial charge in [0.2, 0.25) is 5.91 Å². The van der Waals surface area contributed by atoms with Gasteiger partial charge in [-0.25, -0.2) is 4.98 Å². The number of fused-ring (bicyclic) bond motifs is 2. The van der Waals surface area contributed by atoms with Gasteiger partial charge in [-0.1, -0.05) is 30.3 Å². The van der Waals surface area contributed by atoms with E-state index >= 15 is 0 Å². The SMILES string of the molecule is O=C(CCCc1c[nH]c2ccccc12)N1CCCC1c1nc2ccccc2[nH]1. The molecule has 1 saturated heterocycles. The van der Waals surface area contributed by atoms with Gasteiger partial charge in [-0.2, -0.15) is 0 Å². The van der Waals surface area contributed by atoms with E-state index in [1.54, 1.807) is 0 Å². The van der Waals surface area contributed by atoms with Crippen LogP contribution in [0.3, 0.4) is 0 Å². The minimum absolute atomic E-state index is 0.0768. The number of hydrogen-bond acceptors (Lipinski definition) is 2. The molecule has 1 aliphatic heterocycles. The molecule has 0 saturated carbocycles. The first kappa shape index (κ1) is 17.0. The molecule has 0 spiro atoms. The first-order valence-corrected chi connectivity index (χ1v) is 10.1. The highest BCUT2D eigenvalue weighted by Crippen LogP contribution is 2.32. The number of likely N-dealkylation sites (tertiary alicyclic amines) is 1. The quantitative estimate of drug-likeness (QED) is 0.532. The van der Waals surface area contributed by atoms with Crippen molar-refractivity contribution in [3.8, 4) is 0 Å². The third kappa shape index (κ3) is 3.07. The maximum Gasteiger partial charge on any atom is 0.223 e. The first-order valence-electron chi connectivity index (χ1n) is 10.1. The van der Waals surface area contributed by atoms with Gasteiger partial charge in [0, 0.05) is 30.1 Å². The Labute approximate surface area is 163 Å². The Hall–Kier alpha value is -3.08. The Morgan fingerprint density at radius 2 is 1.93 bits per heavy atom. The van der Waals surface area contributed by atoms with E-state index in [2.05, 4.69) is 34.4 Å². The van der Waals surface area contributed by atoms with Gasteiger partial charge in [-0.15, -0.1) is 0 Å². The molecule has 28 heavy (non-hydrogen) atoms. The van der Waals surface area contributed by atoms with Crippen LogP contribution in [0, 0.1) is 0 Å². The maximum absolute atomic E-state index is 12.9. The van der Waals surface area contributed by atoms with Crippen molar-refractivity contribution < 1.29 is 4.79 Å². The molecule has 1 unspecified atom stereocenters. The Balaban J connectivity index is 1.25. The molecule has 142 valence electrons. The van der Waals surface area contributed by atoms with Gasteiger partial charge in [0.05, 0.1) is 17.1 Å². The fourth-order valence-electron chi connectivity index (χ4n) is 4.39. The minimum Gasteiger partial charge on any atom is -0.361 e. The number of rotatable bonds is 5. The molecule has 1 fully saturated rings. The van der Waals surface area contributed by atoms with Gasteiger partial charge in [-0.05, 0) is 49.4 Å². The summed E-state index contributed by atoms with van der Waals surface area (Å²) in [7, 11) is 0. The van der Waals surface area contributed by atoms with Crippen LogP contribution in [-0.4, -0.2) is 32.3 Å². The normalized spacial score (nSPS) is 17.0. The molecular weight excluding hydrogens is 348 g/mol. The lowest BCUT2D eigenvalue weighted by Gasteiger charge is -2.23. The standard InChI is InChI=1S/C23H24N4O/c28-22(13-5-7-16-15-24-18-9-2-1-8-17(16)18)27-14-6-12-21(27)23-25-19-10-3-4-11-20(19)26-23/h1-4,8-11,15,21,24H,5-7,12-14H2,(H,25,26). The summed E-state index contributed by atoms with van der Waals surface area (Å²) >= 11 is 0. The number of carbonyl (C=O) groups excluding carboxylic acids is 1. The molecule has 1 atom stereocenters. The van der Waals surface area contributed by atoms with E-state index in [0.29, 0.717) is 6.42 Å². The summed E-state index contributed by atoms with van der Waals surface area (Å²) in [6, 6.07) is 16.5. The molecule has 2 N–H and O–H groups in total. The Bertz CT molecular complexity index is 1090. The maximum atomic E-state index is 12.9. The lowest BCUT2D eigenvalue weighted by atomic mass is 10.1. The van der Waals surface area contributed by atoms with Crippen molar-refractivity contribution in [1.82, 2.24) is 19.9 Å². The van der Waals surface area contributed by atoms with Crippen molar-refractivity contribution in [2.75, 3.05) is 6.54 Å². The molecule has 1 amide bonds. The van der Waals surface area contributed by atoms with Gasteiger partial charge >= 0.3 is 0 Å². The number of nitrogens with zero attached hydrogens (tertiary/aromatic N) is 2. The van der Waals surface area contributed by atoms with Gasteiger partial charge in [0.25, 0.3) is 0 Å². The molecule has 0 radical (unpaired) electrons. The second kappa shape index (κ2) is 7.15. The fraction of sp³-hybridized carbons (Fsp3) is 0.304. The van der Waals surface area contributed by atoms with Crippen molar-refractivity contribution in [2.24, 2.45) is 0 Å². The molecule has 2 aromatic carbocycles. The van der Waals surface area contributed by atoms with Crippen LogP contribution in [-0.2, 0) is 11.2 Å². The zero-order chi connectivity index (χ0) is 18.9. The minimum atomic E-state index is 0.0768. The van der Waals surface area contributed by atoms with Crippen LogP contribution < -0.4 is 0 Å². The van der Waals surface area contributed by atoms with Crippen LogP contribution in [0.4, 0.5) is 0 Å². The van der Waals surface area contributed by atoms with Crippen molar-refractivity contribution in [3.63, 3.8) is 0 Å². The highest BCUT2D eigenvalue weighted by Gasteiger charge is 2.31. The number of carbonyl (C=O) groups is 1. The zero-order valence-electron chi connectivity index (χ0n) is 15.8. The number of hydrogen-bond donors (Lipinski definition) is 2. The molecule has 0 bridgehead atoms. The Morgan fingerprint density at radius 3 is 2.82 bits per heavy atom. The number of nitrogens with one attached hydrogen (secondary N) is 2. The molecule has 5 heteroatoms. The summed E-state index contributed by atoms with van der Waals surface area (Å²) in [4.78, 5) is 26.4. The van der Waals surface area contributed by atoms with Crippen LogP contribution in [0.2, 0.25) is 0 Å². The molecule has 2 aromatic heterocycles. The van der Waals surface area contributed by atoms with E-state index in [1.165, 1.54) is 10.9 Å². The largest absolute Gasteiger partial charge is 0.361 e. The van der Waals surface area contributed by atoms with Crippen LogP contribution in [0.25, 0.3) is 21.9 Å². The second-order valence-electron chi connectivity index (χ2n) is 7.60. The highest BCUT2D eigenvalue weighted by molar-refractivity contribution is 5.83. The number of aromatic amines is 2. The highest BCUT2D eigenvalue weighted by atomic mass is 16.2. The molecule has 5 nitrogen and oxygen atoms in total. The average Bonchev–Trinajstić information content (AvgIpc) is 3.45. The summed E-state index contributed by atoms with van der Waals surface area (Å²) in [5.41, 5.74) is 4.46. The van der Waals surface area contributed by atoms with Crippen LogP contribution >= 0.6 is 0 Å². The molecular formula is C23H24N4O. The van der Waals surface area contributed by atoms with Crippen molar-refractivity contribution >= 4 is 27.8 Å². The van der Waals surface area contributed by atoms with Gasteiger partial charge < -0.3 is 14.9 Å². The van der Waals surface area contributed by atoms with E-state index in [9.17, 15) is 4.79 Å². The number of para-hydroxylation sites is 3. The van der Waals surface area contributed by atoms with Gasteiger partial charge in [0.1, 0.15) is 5.82 Å². The molecule has 0 aliphatic carbocycles. The van der Waals surface area contributed by atoms with Crippen molar-refractivity contribution in [3.05, 3.63) is 66.1 Å². The number of aryl methyl sites for hydroxylation is 1. The zero-order valence-corrected chi connectivity index (χ0v) is 15.8. The number of imidazole rings is 1. The average molecular weight is 372 g/mol. The molecule has 1 aliphatic rings. The predicted octanol–water partition coefficient (Wildman–Crippen LogP) is 4.73. The van der Waals surface area contributed by atoms with Crippen LogP contribution in [0.15, 0.2) is 54.7 Å². The monoisotopic (exact) mass is 372 g/mol. The van der Waals surface area contributed by atoms with E-state index in [1.807, 2.05) is 35.2 Å². The second-order valence-corrected chi connectivity index (χ2v) is 7.60. The third-order valence-electron chi connectivity index (χ3n) is 5.81. The smallest absolute Gasteiger partial charge is 0.223 e. The van der Waals surface area contributed by atoms with Crippen molar-refractivity contribution in [2.45, 2.75) is 38.1 Å². The number of H-pyrrole nitrogens is 2. The summed E-state index contributed by atoms with van der Waals surface area (Å²) in [5.74, 6) is 1.16. The van der Waals surface area contributed by atoms with Crippen molar-refractivity contribution in [1.29, 1.82) is 0 Å². The fourth-order valence-corrected chi connectivity index (χ4v) is 4.39. The lowest BCUT2D eigenvalue weighted by Crippen LogP contribution is -2.30. The van der Waals surface area contributed by atoms with Gasteiger partial charge in [-0.3, -0.25) is 4.79 Å². The lowest BCUT2D eigenvalue weighted by molar-refractivity contribution is -0.132. The predicted molar refractivity (Wildman–Crippen MR) is 111 cm³/mol. The van der Waals surface area contributed by atoms with E-state index in [-0.39, 0.29) is 11.9 Å². The van der Waals surface area contributed by atoms with E-state index in [4.69, 9.17) is 4.98 Å². The Morgan fingerprint density at radius 1 is 1.11 bits per heavy atom. The summed E-state index contributed by atoms with van der Waals surface area (Å²) < 4.78 is 0. The topological polar surface area (TPSA) is 64.8 Å². The number of aromatic nitrogens is 3. The summed E-state index contributed by atoms with van der Waals surface area (Å²) in [5, 5.41) is 1.26. The third-order valence-corrected chi connectivity index (χ3v) is 5.81. The van der Waals surface area contributed by atoms with E-state index < -0.39 is 0 Å². The van der Waals surface area contributed by atoms with Crippen LogP contribution in [0.1, 0.15) is 43.1 Å². The molecule has 4 aromatic rings.